The van der Waals surface area contributed by atoms with Crippen molar-refractivity contribution in [1.82, 2.24) is 15.0 Å². The first kappa shape index (κ1) is 22.9. The molecule has 0 aliphatic carbocycles. The topological polar surface area (TPSA) is 83.2 Å². The van der Waals surface area contributed by atoms with Crippen LogP contribution in [-0.4, -0.2) is 20.7 Å². The number of aryl methyl sites for hydroxylation is 1. The van der Waals surface area contributed by atoms with Crippen molar-refractivity contribution in [1.29, 1.82) is 0 Å². The van der Waals surface area contributed by atoms with Gasteiger partial charge in [-0.05, 0) is 36.2 Å². The highest BCUT2D eigenvalue weighted by atomic mass is 35.5. The highest BCUT2D eigenvalue weighted by Gasteiger charge is 2.34. The van der Waals surface area contributed by atoms with Crippen molar-refractivity contribution >= 4 is 51.1 Å². The summed E-state index contributed by atoms with van der Waals surface area (Å²) in [6, 6.07) is 15.3. The summed E-state index contributed by atoms with van der Waals surface area (Å²) >= 11 is 14.2. The molecule has 0 spiro atoms. The first-order valence-electron chi connectivity index (χ1n) is 11.2. The summed E-state index contributed by atoms with van der Waals surface area (Å²) in [7, 11) is 0. The molecule has 2 aromatic heterocycles. The van der Waals surface area contributed by atoms with Crippen molar-refractivity contribution in [2.75, 3.05) is 10.7 Å². The second-order valence-electron chi connectivity index (χ2n) is 8.25. The number of rotatable bonds is 7. The quantitative estimate of drug-likeness (QED) is 0.259. The zero-order chi connectivity index (χ0) is 23.7. The van der Waals surface area contributed by atoms with Crippen LogP contribution in [-0.2, 0) is 6.42 Å². The van der Waals surface area contributed by atoms with Crippen LogP contribution in [0.1, 0.15) is 49.3 Å². The fraction of sp³-hybridized carbons (Fsp3) is 0.240. The summed E-state index contributed by atoms with van der Waals surface area (Å²) in [6.45, 7) is 2.16. The number of hydrogen-bond donors (Lipinski definition) is 2. The molecule has 0 bridgehead atoms. The van der Waals surface area contributed by atoms with E-state index < -0.39 is 0 Å². The highest BCUT2D eigenvalue weighted by Crippen LogP contribution is 2.41. The molecule has 5 rings (SSSR count). The maximum atomic E-state index is 6.62. The Morgan fingerprint density at radius 2 is 1.79 bits per heavy atom. The van der Waals surface area contributed by atoms with Crippen LogP contribution >= 0.6 is 34.5 Å². The number of benzene rings is 2. The van der Waals surface area contributed by atoms with Gasteiger partial charge >= 0.3 is 0 Å². The van der Waals surface area contributed by atoms with Gasteiger partial charge in [-0.15, -0.1) is 11.3 Å². The van der Waals surface area contributed by atoms with E-state index in [2.05, 4.69) is 16.9 Å². The van der Waals surface area contributed by atoms with Crippen LogP contribution in [0.3, 0.4) is 0 Å². The van der Waals surface area contributed by atoms with Gasteiger partial charge in [-0.3, -0.25) is 0 Å². The Balaban J connectivity index is 1.51. The number of aromatic nitrogens is 3. The lowest BCUT2D eigenvalue weighted by Crippen LogP contribution is -2.19. The number of hydrazone groups is 1. The molecule has 0 radical (unpaired) electrons. The number of nitrogens with zero attached hydrogens (tertiary/aromatic N) is 4. The summed E-state index contributed by atoms with van der Waals surface area (Å²) in [5.74, 6) is 0.906. The molecular weight excluding hydrogens is 487 g/mol. The molecule has 0 amide bonds. The van der Waals surface area contributed by atoms with Crippen LogP contribution in [0.4, 0.5) is 10.8 Å². The minimum absolute atomic E-state index is 0.132. The zero-order valence-corrected chi connectivity index (χ0v) is 21.0. The Hall–Kier alpha value is -2.87. The van der Waals surface area contributed by atoms with E-state index in [1.165, 1.54) is 0 Å². The second kappa shape index (κ2) is 9.78. The van der Waals surface area contributed by atoms with E-state index in [-0.39, 0.29) is 6.04 Å². The predicted octanol–water partition coefficient (Wildman–Crippen LogP) is 7.12. The number of halogens is 2. The van der Waals surface area contributed by atoms with Crippen molar-refractivity contribution < 1.29 is 0 Å². The van der Waals surface area contributed by atoms with E-state index in [0.29, 0.717) is 16.6 Å². The van der Waals surface area contributed by atoms with Crippen LogP contribution < -0.4 is 10.7 Å². The number of nitrogen functional groups attached to an aromatic ring is 1. The summed E-state index contributed by atoms with van der Waals surface area (Å²) < 4.78 is 0. The van der Waals surface area contributed by atoms with Gasteiger partial charge in [-0.25, -0.2) is 15.0 Å². The Bertz CT molecular complexity index is 1310. The number of hydrogen-bond acceptors (Lipinski definition) is 6. The van der Waals surface area contributed by atoms with Gasteiger partial charge in [0.25, 0.3) is 0 Å². The molecule has 0 fully saturated rings. The lowest BCUT2D eigenvalue weighted by Gasteiger charge is -2.20. The Morgan fingerprint density at radius 3 is 2.53 bits per heavy atom. The van der Waals surface area contributed by atoms with E-state index in [1.807, 2.05) is 58.9 Å². The van der Waals surface area contributed by atoms with E-state index in [0.717, 1.165) is 64.1 Å². The van der Waals surface area contributed by atoms with Crippen molar-refractivity contribution in [3.05, 3.63) is 81.2 Å². The molecule has 1 aliphatic heterocycles. The molecule has 1 unspecified atom stereocenters. The molecule has 174 valence electrons. The zero-order valence-electron chi connectivity index (χ0n) is 18.6. The second-order valence-corrected chi connectivity index (χ2v) is 9.88. The standard InChI is InChI=1S/C25H24Cl2N6S/c1-2-3-4-22-30-23(24(27)31-22)21-13-19(15-7-11-18(28)12-8-15)32-33(21)25-29-20(14-34-25)16-5-9-17(26)10-6-16/h5-12,14,21H,2-4,13,28H2,1H3,(H,30,31). The molecule has 4 aromatic rings. The number of unbranched alkanes of at least 4 members (excludes halogenated alkanes) is 1. The average Bonchev–Trinajstić information content (AvgIpc) is 3.57. The predicted molar refractivity (Wildman–Crippen MR) is 142 cm³/mol. The van der Waals surface area contributed by atoms with Crippen molar-refractivity contribution in [2.45, 2.75) is 38.6 Å². The monoisotopic (exact) mass is 510 g/mol. The van der Waals surface area contributed by atoms with Gasteiger partial charge < -0.3 is 10.7 Å². The van der Waals surface area contributed by atoms with Gasteiger partial charge in [-0.2, -0.15) is 5.10 Å². The molecule has 3 heterocycles. The molecule has 1 aliphatic rings. The van der Waals surface area contributed by atoms with Gasteiger partial charge in [-0.1, -0.05) is 60.8 Å². The summed E-state index contributed by atoms with van der Waals surface area (Å²) in [4.78, 5) is 12.9. The molecule has 2 aromatic carbocycles. The molecule has 1 atom stereocenters. The third-order valence-electron chi connectivity index (χ3n) is 5.82. The minimum atomic E-state index is -0.132. The number of nitrogens with one attached hydrogen (secondary N) is 1. The van der Waals surface area contributed by atoms with E-state index in [1.54, 1.807) is 11.3 Å². The van der Waals surface area contributed by atoms with Gasteiger partial charge in [0.1, 0.15) is 11.9 Å². The number of aromatic amines is 1. The van der Waals surface area contributed by atoms with Crippen LogP contribution in [0.5, 0.6) is 0 Å². The number of nitrogens with two attached hydrogens (primary N) is 1. The molecule has 0 saturated heterocycles. The van der Waals surface area contributed by atoms with Gasteiger partial charge in [0.15, 0.2) is 5.15 Å². The lowest BCUT2D eigenvalue weighted by atomic mass is 10.0. The van der Waals surface area contributed by atoms with Crippen molar-refractivity contribution in [3.8, 4) is 11.3 Å². The maximum Gasteiger partial charge on any atom is 0.207 e. The van der Waals surface area contributed by atoms with E-state index in [4.69, 9.17) is 39.0 Å². The lowest BCUT2D eigenvalue weighted by molar-refractivity contribution is 0.682. The molecule has 3 N–H and O–H groups in total. The third kappa shape index (κ3) is 4.69. The highest BCUT2D eigenvalue weighted by molar-refractivity contribution is 7.14. The van der Waals surface area contributed by atoms with Crippen LogP contribution in [0.15, 0.2) is 59.0 Å². The van der Waals surface area contributed by atoms with E-state index >= 15 is 0 Å². The first-order valence-corrected chi connectivity index (χ1v) is 12.8. The van der Waals surface area contributed by atoms with Crippen molar-refractivity contribution in [2.24, 2.45) is 5.10 Å². The fourth-order valence-electron chi connectivity index (χ4n) is 3.98. The summed E-state index contributed by atoms with van der Waals surface area (Å²) in [6.07, 6.45) is 3.70. The maximum absolute atomic E-state index is 6.62. The fourth-order valence-corrected chi connectivity index (χ4v) is 5.22. The van der Waals surface area contributed by atoms with Gasteiger partial charge in [0.2, 0.25) is 5.13 Å². The molecule has 6 nitrogen and oxygen atoms in total. The van der Waals surface area contributed by atoms with Crippen LogP contribution in [0.25, 0.3) is 11.3 Å². The molecular formula is C25H24Cl2N6S. The van der Waals surface area contributed by atoms with Crippen molar-refractivity contribution in [3.63, 3.8) is 0 Å². The first-order chi connectivity index (χ1) is 16.5. The van der Waals surface area contributed by atoms with Gasteiger partial charge in [0.05, 0.1) is 17.1 Å². The largest absolute Gasteiger partial charge is 0.399 e. The SMILES string of the molecule is CCCCc1nc(Cl)c(C2CC(c3ccc(N)cc3)=NN2c2nc(-c3ccc(Cl)cc3)cs2)[nH]1. The van der Waals surface area contributed by atoms with Gasteiger partial charge in [0, 0.05) is 34.5 Å². The molecule has 34 heavy (non-hydrogen) atoms. The Morgan fingerprint density at radius 1 is 1.06 bits per heavy atom. The smallest absolute Gasteiger partial charge is 0.207 e. The number of H-pyrrole nitrogens is 1. The number of thiazole rings is 1. The normalized spacial score (nSPS) is 15.7. The van der Waals surface area contributed by atoms with E-state index in [9.17, 15) is 0 Å². The third-order valence-corrected chi connectivity index (χ3v) is 7.19. The molecule has 9 heteroatoms. The van der Waals surface area contributed by atoms with Crippen LogP contribution in [0, 0.1) is 0 Å². The number of anilines is 2. The minimum Gasteiger partial charge on any atom is -0.399 e. The van der Waals surface area contributed by atoms with Crippen LogP contribution in [0.2, 0.25) is 10.2 Å². The Kier molecular flexibility index (Phi) is 6.59. The number of imidazole rings is 1. The average molecular weight is 511 g/mol. The summed E-state index contributed by atoms with van der Waals surface area (Å²) in [5.41, 5.74) is 11.3. The molecule has 0 saturated carbocycles. The Labute approximate surface area is 212 Å². The summed E-state index contributed by atoms with van der Waals surface area (Å²) in [5, 5.41) is 11.0.